The predicted octanol–water partition coefficient (Wildman–Crippen LogP) is 3.72. The maximum Gasteiger partial charge on any atom is 0.389 e. The van der Waals surface area contributed by atoms with Gasteiger partial charge < -0.3 is 10.2 Å². The van der Waals surface area contributed by atoms with Crippen LogP contribution in [-0.2, 0) is 6.54 Å². The molecule has 1 fully saturated rings. The van der Waals surface area contributed by atoms with E-state index in [4.69, 9.17) is 0 Å². The minimum atomic E-state index is -4.04. The highest BCUT2D eigenvalue weighted by Gasteiger charge is 2.25. The molecule has 0 bridgehead atoms. The summed E-state index contributed by atoms with van der Waals surface area (Å²) in [6.45, 7) is 3.26. The molecule has 1 heterocycles. The van der Waals surface area contributed by atoms with Gasteiger partial charge in [-0.15, -0.1) is 0 Å². The van der Waals surface area contributed by atoms with Crippen LogP contribution in [0.5, 0.6) is 0 Å². The van der Waals surface area contributed by atoms with E-state index in [1.54, 1.807) is 0 Å². The van der Waals surface area contributed by atoms with E-state index < -0.39 is 12.6 Å². The first-order valence-electron chi connectivity index (χ1n) is 7.16. The molecule has 0 spiro atoms. The fourth-order valence-corrected chi connectivity index (χ4v) is 2.45. The van der Waals surface area contributed by atoms with Gasteiger partial charge in [-0.2, -0.15) is 13.2 Å². The predicted molar refractivity (Wildman–Crippen MR) is 74.9 cm³/mol. The van der Waals surface area contributed by atoms with Crippen LogP contribution in [0, 0.1) is 0 Å². The van der Waals surface area contributed by atoms with Crippen molar-refractivity contribution in [2.75, 3.05) is 24.5 Å². The van der Waals surface area contributed by atoms with E-state index in [1.165, 1.54) is 18.5 Å². The fraction of sp³-hybridized carbons (Fsp3) is 0.600. The van der Waals surface area contributed by atoms with Gasteiger partial charge in [0.2, 0.25) is 0 Å². The lowest BCUT2D eigenvalue weighted by Crippen LogP contribution is -2.19. The van der Waals surface area contributed by atoms with Gasteiger partial charge in [0.15, 0.2) is 0 Å². The normalized spacial score (nSPS) is 15.8. The Balaban J connectivity index is 1.68. The van der Waals surface area contributed by atoms with Crippen LogP contribution in [0.2, 0.25) is 0 Å². The van der Waals surface area contributed by atoms with Gasteiger partial charge in [0.05, 0.1) is 0 Å². The first-order chi connectivity index (χ1) is 9.54. The zero-order valence-electron chi connectivity index (χ0n) is 11.5. The second-order valence-corrected chi connectivity index (χ2v) is 5.26. The Morgan fingerprint density at radius 2 is 1.70 bits per heavy atom. The molecule has 0 atom stereocenters. The quantitative estimate of drug-likeness (QED) is 0.802. The van der Waals surface area contributed by atoms with Crippen molar-refractivity contribution in [3.05, 3.63) is 29.8 Å². The number of rotatable bonds is 6. The second-order valence-electron chi connectivity index (χ2n) is 5.26. The van der Waals surface area contributed by atoms with Crippen LogP contribution < -0.4 is 10.2 Å². The molecule has 20 heavy (non-hydrogen) atoms. The summed E-state index contributed by atoms with van der Waals surface area (Å²) < 4.78 is 35.9. The first-order valence-corrected chi connectivity index (χ1v) is 7.16. The minimum absolute atomic E-state index is 0.134. The van der Waals surface area contributed by atoms with Gasteiger partial charge in [-0.3, -0.25) is 0 Å². The molecule has 2 nitrogen and oxygen atoms in total. The number of nitrogens with zero attached hydrogens (tertiary/aromatic N) is 1. The van der Waals surface area contributed by atoms with Crippen molar-refractivity contribution in [1.82, 2.24) is 5.32 Å². The van der Waals surface area contributed by atoms with Crippen molar-refractivity contribution < 1.29 is 13.2 Å². The van der Waals surface area contributed by atoms with Crippen molar-refractivity contribution in [1.29, 1.82) is 0 Å². The molecule has 0 unspecified atom stereocenters. The molecule has 1 aliphatic heterocycles. The average Bonchev–Trinajstić information content (AvgIpc) is 2.92. The summed E-state index contributed by atoms with van der Waals surface area (Å²) in [5, 5.41) is 3.05. The average molecular weight is 286 g/mol. The molecular formula is C15H21F3N2. The molecule has 1 aromatic rings. The van der Waals surface area contributed by atoms with Crippen LogP contribution in [0.15, 0.2) is 24.3 Å². The van der Waals surface area contributed by atoms with Crippen molar-refractivity contribution >= 4 is 5.69 Å². The fourth-order valence-electron chi connectivity index (χ4n) is 2.45. The van der Waals surface area contributed by atoms with Gasteiger partial charge in [-0.25, -0.2) is 0 Å². The topological polar surface area (TPSA) is 15.3 Å². The van der Waals surface area contributed by atoms with E-state index in [0.29, 0.717) is 13.1 Å². The van der Waals surface area contributed by atoms with Gasteiger partial charge in [-0.1, -0.05) is 12.1 Å². The second kappa shape index (κ2) is 6.97. The number of alkyl halides is 3. The van der Waals surface area contributed by atoms with E-state index in [-0.39, 0.29) is 6.42 Å². The SMILES string of the molecule is FC(F)(F)CCCNCc1ccc(N2CCCC2)cc1. The van der Waals surface area contributed by atoms with E-state index >= 15 is 0 Å². The summed E-state index contributed by atoms with van der Waals surface area (Å²) in [6, 6.07) is 8.28. The van der Waals surface area contributed by atoms with Gasteiger partial charge >= 0.3 is 6.18 Å². The zero-order valence-corrected chi connectivity index (χ0v) is 11.5. The summed E-state index contributed by atoms with van der Waals surface area (Å²) in [4.78, 5) is 2.36. The Bertz CT molecular complexity index is 395. The number of anilines is 1. The Morgan fingerprint density at radius 3 is 2.30 bits per heavy atom. The van der Waals surface area contributed by atoms with E-state index in [1.807, 2.05) is 12.1 Å². The zero-order chi connectivity index (χ0) is 14.4. The lowest BCUT2D eigenvalue weighted by atomic mass is 10.2. The number of nitrogens with one attached hydrogen (secondary N) is 1. The lowest BCUT2D eigenvalue weighted by molar-refractivity contribution is -0.135. The van der Waals surface area contributed by atoms with Crippen LogP contribution in [0.1, 0.15) is 31.2 Å². The first kappa shape index (κ1) is 15.2. The van der Waals surface area contributed by atoms with Crippen LogP contribution in [0.25, 0.3) is 0 Å². The van der Waals surface area contributed by atoms with Crippen LogP contribution in [-0.4, -0.2) is 25.8 Å². The number of hydrogen-bond acceptors (Lipinski definition) is 2. The lowest BCUT2D eigenvalue weighted by Gasteiger charge is -2.17. The highest BCUT2D eigenvalue weighted by atomic mass is 19.4. The molecule has 1 aromatic carbocycles. The molecule has 0 saturated carbocycles. The third-order valence-electron chi connectivity index (χ3n) is 3.55. The Kier molecular flexibility index (Phi) is 5.29. The molecular weight excluding hydrogens is 265 g/mol. The van der Waals surface area contributed by atoms with E-state index in [2.05, 4.69) is 22.3 Å². The largest absolute Gasteiger partial charge is 0.389 e. The number of halogens is 3. The molecule has 1 aliphatic rings. The molecule has 5 heteroatoms. The van der Waals surface area contributed by atoms with Crippen LogP contribution in [0.3, 0.4) is 0 Å². The van der Waals surface area contributed by atoms with E-state index in [0.717, 1.165) is 18.7 Å². The summed E-state index contributed by atoms with van der Waals surface area (Å²) in [6.07, 6.45) is -2.12. The maximum absolute atomic E-state index is 12.0. The summed E-state index contributed by atoms with van der Waals surface area (Å²) in [7, 11) is 0. The molecule has 0 radical (unpaired) electrons. The third kappa shape index (κ3) is 5.04. The Labute approximate surface area is 118 Å². The molecule has 0 amide bonds. The number of hydrogen-bond donors (Lipinski definition) is 1. The van der Waals surface area contributed by atoms with E-state index in [9.17, 15) is 13.2 Å². The minimum Gasteiger partial charge on any atom is -0.372 e. The Morgan fingerprint density at radius 1 is 1.05 bits per heavy atom. The van der Waals surface area contributed by atoms with Crippen molar-refractivity contribution in [2.24, 2.45) is 0 Å². The molecule has 112 valence electrons. The Hall–Kier alpha value is -1.23. The highest BCUT2D eigenvalue weighted by Crippen LogP contribution is 2.21. The van der Waals surface area contributed by atoms with Crippen LogP contribution >= 0.6 is 0 Å². The van der Waals surface area contributed by atoms with Gasteiger partial charge in [0.25, 0.3) is 0 Å². The van der Waals surface area contributed by atoms with Crippen molar-refractivity contribution in [3.8, 4) is 0 Å². The molecule has 1 saturated heterocycles. The summed E-state index contributed by atoms with van der Waals surface area (Å²) in [5.41, 5.74) is 2.35. The standard InChI is InChI=1S/C15H21F3N2/c16-15(17,18)8-3-9-19-12-13-4-6-14(7-5-13)20-10-1-2-11-20/h4-7,19H,1-3,8-12H2. The molecule has 0 aliphatic carbocycles. The van der Waals surface area contributed by atoms with Crippen LogP contribution in [0.4, 0.5) is 18.9 Å². The summed E-state index contributed by atoms with van der Waals surface area (Å²) in [5.74, 6) is 0. The monoisotopic (exact) mass is 286 g/mol. The highest BCUT2D eigenvalue weighted by molar-refractivity contribution is 5.48. The molecule has 0 aromatic heterocycles. The third-order valence-corrected chi connectivity index (χ3v) is 3.55. The van der Waals surface area contributed by atoms with Crippen molar-refractivity contribution in [2.45, 2.75) is 38.4 Å². The maximum atomic E-state index is 12.0. The molecule has 2 rings (SSSR count). The molecule has 1 N–H and O–H groups in total. The van der Waals surface area contributed by atoms with Gasteiger partial charge in [0, 0.05) is 31.7 Å². The van der Waals surface area contributed by atoms with Gasteiger partial charge in [-0.05, 0) is 43.5 Å². The number of benzene rings is 1. The summed E-state index contributed by atoms with van der Waals surface area (Å²) >= 11 is 0. The van der Waals surface area contributed by atoms with Gasteiger partial charge in [0.1, 0.15) is 0 Å². The van der Waals surface area contributed by atoms with Crippen molar-refractivity contribution in [3.63, 3.8) is 0 Å². The smallest absolute Gasteiger partial charge is 0.372 e.